The van der Waals surface area contributed by atoms with Crippen LogP contribution in [0.1, 0.15) is 48.1 Å². The van der Waals surface area contributed by atoms with Gasteiger partial charge in [-0.3, -0.25) is 13.9 Å². The fourth-order valence-corrected chi connectivity index (χ4v) is 5.59. The first-order chi connectivity index (χ1) is 18.9. The van der Waals surface area contributed by atoms with Crippen molar-refractivity contribution in [3.05, 3.63) is 101 Å². The summed E-state index contributed by atoms with van der Waals surface area (Å²) in [6.07, 6.45) is 2.13. The monoisotopic (exact) mass is 563 g/mol. The average molecular weight is 564 g/mol. The average Bonchev–Trinajstić information content (AvgIpc) is 2.89. The fourth-order valence-electron chi connectivity index (χ4n) is 4.68. The highest BCUT2D eigenvalue weighted by Crippen LogP contribution is 2.25. The molecule has 0 aliphatic carbocycles. The lowest BCUT2D eigenvalue weighted by Crippen LogP contribution is -2.54. The molecule has 8 heteroatoms. The summed E-state index contributed by atoms with van der Waals surface area (Å²) in [5, 5.41) is 3.05. The molecule has 0 fully saturated rings. The van der Waals surface area contributed by atoms with Gasteiger partial charge in [0.15, 0.2) is 0 Å². The van der Waals surface area contributed by atoms with Gasteiger partial charge in [0.2, 0.25) is 21.8 Å². The minimum absolute atomic E-state index is 0.0792. The van der Waals surface area contributed by atoms with E-state index in [9.17, 15) is 18.0 Å². The number of anilines is 1. The standard InChI is InChI=1S/C32H41N3O4S/c1-7-26(5)33-32(37)30(20-27-13-9-8-10-14-27)34(21-28-15-11-12-23(2)19-28)31(36)22-35(40(6,38)39)29-17-16-24(3)18-25(29)4/h8-19,26,30H,7,20-22H2,1-6H3,(H,33,37)/t26-,30-/m0/s1. The highest BCUT2D eigenvalue weighted by atomic mass is 32.2. The first-order valence-corrected chi connectivity index (χ1v) is 15.5. The summed E-state index contributed by atoms with van der Waals surface area (Å²) in [5.74, 6) is -0.719. The maximum atomic E-state index is 14.2. The van der Waals surface area contributed by atoms with Crippen LogP contribution in [0.25, 0.3) is 0 Å². The van der Waals surface area contributed by atoms with Gasteiger partial charge in [0, 0.05) is 19.0 Å². The van der Waals surface area contributed by atoms with Crippen molar-refractivity contribution >= 4 is 27.5 Å². The highest BCUT2D eigenvalue weighted by molar-refractivity contribution is 7.92. The summed E-state index contributed by atoms with van der Waals surface area (Å²) < 4.78 is 27.1. The second kappa shape index (κ2) is 13.6. The molecule has 0 saturated carbocycles. The molecule has 2 atom stereocenters. The van der Waals surface area contributed by atoms with Crippen molar-refractivity contribution < 1.29 is 18.0 Å². The third kappa shape index (κ3) is 8.42. The van der Waals surface area contributed by atoms with Crippen molar-refractivity contribution in [2.75, 3.05) is 17.1 Å². The molecule has 0 aromatic heterocycles. The minimum atomic E-state index is -3.80. The van der Waals surface area contributed by atoms with Gasteiger partial charge >= 0.3 is 0 Å². The van der Waals surface area contributed by atoms with E-state index in [0.717, 1.165) is 44.8 Å². The third-order valence-electron chi connectivity index (χ3n) is 7.01. The van der Waals surface area contributed by atoms with E-state index in [1.807, 2.05) is 101 Å². The number of aryl methyl sites for hydroxylation is 3. The van der Waals surface area contributed by atoms with Crippen LogP contribution in [0.15, 0.2) is 72.8 Å². The van der Waals surface area contributed by atoms with Gasteiger partial charge in [0.1, 0.15) is 12.6 Å². The molecule has 0 heterocycles. The van der Waals surface area contributed by atoms with E-state index in [0.29, 0.717) is 12.1 Å². The van der Waals surface area contributed by atoms with Crippen molar-refractivity contribution in [2.45, 2.75) is 66.1 Å². The van der Waals surface area contributed by atoms with Gasteiger partial charge in [-0.2, -0.15) is 0 Å². The van der Waals surface area contributed by atoms with Crippen molar-refractivity contribution in [1.82, 2.24) is 10.2 Å². The predicted molar refractivity (Wildman–Crippen MR) is 162 cm³/mol. The van der Waals surface area contributed by atoms with Gasteiger partial charge in [0.25, 0.3) is 0 Å². The zero-order chi connectivity index (χ0) is 29.4. The van der Waals surface area contributed by atoms with Gasteiger partial charge < -0.3 is 10.2 Å². The molecular weight excluding hydrogens is 522 g/mol. The van der Waals surface area contributed by atoms with E-state index in [4.69, 9.17) is 0 Å². The fraction of sp³-hybridized carbons (Fsp3) is 0.375. The summed E-state index contributed by atoms with van der Waals surface area (Å²) >= 11 is 0. The Kier molecular flexibility index (Phi) is 10.5. The number of nitrogens with zero attached hydrogens (tertiary/aromatic N) is 2. The van der Waals surface area contributed by atoms with E-state index in [2.05, 4.69) is 5.32 Å². The zero-order valence-electron chi connectivity index (χ0n) is 24.3. The first kappa shape index (κ1) is 30.9. The SMILES string of the molecule is CC[C@H](C)NC(=O)[C@H](Cc1ccccc1)N(Cc1cccc(C)c1)C(=O)CN(c1ccc(C)cc1C)S(C)(=O)=O. The lowest BCUT2D eigenvalue weighted by Gasteiger charge is -2.34. The van der Waals surface area contributed by atoms with E-state index in [-0.39, 0.29) is 18.5 Å². The van der Waals surface area contributed by atoms with Crippen LogP contribution in [0.4, 0.5) is 5.69 Å². The second-order valence-corrected chi connectivity index (χ2v) is 12.5. The van der Waals surface area contributed by atoms with Gasteiger partial charge in [-0.25, -0.2) is 8.42 Å². The van der Waals surface area contributed by atoms with E-state index < -0.39 is 28.5 Å². The molecule has 0 aliphatic heterocycles. The molecule has 3 aromatic rings. The molecule has 1 N–H and O–H groups in total. The molecule has 3 aromatic carbocycles. The summed E-state index contributed by atoms with van der Waals surface area (Å²) in [4.78, 5) is 29.4. The van der Waals surface area contributed by atoms with Crippen LogP contribution in [0, 0.1) is 20.8 Å². The van der Waals surface area contributed by atoms with E-state index in [1.54, 1.807) is 6.07 Å². The van der Waals surface area contributed by atoms with Crippen LogP contribution < -0.4 is 9.62 Å². The number of sulfonamides is 1. The number of carbonyl (C=O) groups is 2. The van der Waals surface area contributed by atoms with Crippen molar-refractivity contribution in [2.24, 2.45) is 0 Å². The van der Waals surface area contributed by atoms with Crippen LogP contribution >= 0.6 is 0 Å². The van der Waals surface area contributed by atoms with Crippen LogP contribution in [0.3, 0.4) is 0 Å². The van der Waals surface area contributed by atoms with Crippen LogP contribution in [0.5, 0.6) is 0 Å². The molecule has 2 amide bonds. The maximum Gasteiger partial charge on any atom is 0.244 e. The largest absolute Gasteiger partial charge is 0.352 e. The van der Waals surface area contributed by atoms with Crippen molar-refractivity contribution in [1.29, 1.82) is 0 Å². The molecule has 3 rings (SSSR count). The van der Waals surface area contributed by atoms with Crippen LogP contribution in [-0.4, -0.2) is 50.0 Å². The number of rotatable bonds is 12. The van der Waals surface area contributed by atoms with Crippen molar-refractivity contribution in [3.63, 3.8) is 0 Å². The minimum Gasteiger partial charge on any atom is -0.352 e. The summed E-state index contributed by atoms with van der Waals surface area (Å²) in [5.41, 5.74) is 4.98. The van der Waals surface area contributed by atoms with E-state index >= 15 is 0 Å². The number of nitrogens with one attached hydrogen (secondary N) is 1. The molecular formula is C32H41N3O4S. The molecule has 7 nitrogen and oxygen atoms in total. The molecule has 0 unspecified atom stereocenters. The summed E-state index contributed by atoms with van der Waals surface area (Å²) in [6, 6.07) is 21.9. The Morgan fingerprint density at radius 2 is 1.52 bits per heavy atom. The molecule has 0 radical (unpaired) electrons. The molecule has 0 spiro atoms. The molecule has 0 bridgehead atoms. The Balaban J connectivity index is 2.08. The Morgan fingerprint density at radius 3 is 2.12 bits per heavy atom. The van der Waals surface area contributed by atoms with Gasteiger partial charge in [0.05, 0.1) is 11.9 Å². The number of hydrogen-bond donors (Lipinski definition) is 1. The highest BCUT2D eigenvalue weighted by Gasteiger charge is 2.33. The number of hydrogen-bond acceptors (Lipinski definition) is 4. The second-order valence-electron chi connectivity index (χ2n) is 10.6. The Hall–Kier alpha value is -3.65. The topological polar surface area (TPSA) is 86.8 Å². The molecule has 40 heavy (non-hydrogen) atoms. The molecule has 214 valence electrons. The smallest absolute Gasteiger partial charge is 0.244 e. The van der Waals surface area contributed by atoms with Crippen LogP contribution in [0.2, 0.25) is 0 Å². The number of carbonyl (C=O) groups excluding carboxylic acids is 2. The lowest BCUT2D eigenvalue weighted by molar-refractivity contribution is -0.140. The van der Waals surface area contributed by atoms with Gasteiger partial charge in [-0.05, 0) is 56.9 Å². The Bertz CT molecular complexity index is 1420. The summed E-state index contributed by atoms with van der Waals surface area (Å²) in [7, 11) is -3.80. The molecule has 0 saturated heterocycles. The zero-order valence-corrected chi connectivity index (χ0v) is 25.2. The molecule has 0 aliphatic rings. The van der Waals surface area contributed by atoms with E-state index in [1.165, 1.54) is 4.90 Å². The van der Waals surface area contributed by atoms with Crippen LogP contribution in [-0.2, 0) is 32.6 Å². The summed E-state index contributed by atoms with van der Waals surface area (Å²) in [6.45, 7) is 9.38. The normalized spacial score (nSPS) is 12.8. The van der Waals surface area contributed by atoms with Crippen molar-refractivity contribution in [3.8, 4) is 0 Å². The predicted octanol–water partition coefficient (Wildman–Crippen LogP) is 4.93. The third-order valence-corrected chi connectivity index (χ3v) is 8.13. The number of amides is 2. The van der Waals surface area contributed by atoms with Gasteiger partial charge in [-0.1, -0.05) is 84.8 Å². The number of benzene rings is 3. The lowest BCUT2D eigenvalue weighted by atomic mass is 10.0. The Morgan fingerprint density at radius 1 is 0.875 bits per heavy atom. The quantitative estimate of drug-likeness (QED) is 0.339. The Labute approximate surface area is 239 Å². The first-order valence-electron chi connectivity index (χ1n) is 13.6. The maximum absolute atomic E-state index is 14.2. The van der Waals surface area contributed by atoms with Gasteiger partial charge in [-0.15, -0.1) is 0 Å².